The van der Waals surface area contributed by atoms with Crippen LogP contribution in [0.15, 0.2) is 29.7 Å². The van der Waals surface area contributed by atoms with Crippen LogP contribution >= 0.6 is 23.4 Å². The Morgan fingerprint density at radius 1 is 1.37 bits per heavy atom. The van der Waals surface area contributed by atoms with Gasteiger partial charge in [-0.15, -0.1) is 0 Å². The van der Waals surface area contributed by atoms with Crippen molar-refractivity contribution in [2.45, 2.75) is 11.8 Å². The van der Waals surface area contributed by atoms with Crippen molar-refractivity contribution in [3.05, 3.63) is 35.1 Å². The molecule has 3 rings (SSSR count). The summed E-state index contributed by atoms with van der Waals surface area (Å²) in [5.41, 5.74) is 3.30. The minimum absolute atomic E-state index is 0.387. The molecule has 0 radical (unpaired) electrons. The zero-order valence-corrected chi connectivity index (χ0v) is 11.7. The minimum atomic E-state index is -0.877. The Morgan fingerprint density at radius 3 is 2.79 bits per heavy atom. The van der Waals surface area contributed by atoms with Gasteiger partial charge in [-0.2, -0.15) is 0 Å². The zero-order valence-electron chi connectivity index (χ0n) is 10.1. The molecule has 1 aromatic heterocycles. The minimum Gasteiger partial charge on any atom is -0.423 e. The van der Waals surface area contributed by atoms with Crippen LogP contribution in [0.5, 0.6) is 0 Å². The van der Waals surface area contributed by atoms with Gasteiger partial charge in [0.2, 0.25) is 0 Å². The summed E-state index contributed by atoms with van der Waals surface area (Å²) in [4.78, 5) is 8.45. The second kappa shape index (κ2) is 5.13. The molecule has 4 nitrogen and oxygen atoms in total. The van der Waals surface area contributed by atoms with E-state index in [1.54, 1.807) is 12.4 Å². The van der Waals surface area contributed by atoms with Crippen LogP contribution in [0.3, 0.4) is 0 Å². The van der Waals surface area contributed by atoms with Gasteiger partial charge in [0, 0.05) is 28.5 Å². The number of halogens is 1. The quantitative estimate of drug-likeness (QED) is 0.519. The molecule has 7 heteroatoms. The van der Waals surface area contributed by atoms with Crippen LogP contribution in [-0.4, -0.2) is 28.4 Å². The lowest BCUT2D eigenvalue weighted by Crippen LogP contribution is -2.28. The lowest BCUT2D eigenvalue weighted by molar-refractivity contribution is 0.275. The number of hydrogen-bond donors (Lipinski definition) is 1. The summed E-state index contributed by atoms with van der Waals surface area (Å²) in [5, 5.41) is 11.0. The molecule has 2 aromatic rings. The molecule has 1 aliphatic heterocycles. The first-order chi connectivity index (χ1) is 9.19. The molecule has 0 saturated carbocycles. The maximum Gasteiger partial charge on any atom is 0.491 e. The summed E-state index contributed by atoms with van der Waals surface area (Å²) in [5.74, 6) is 0. The average molecular weight is 293 g/mol. The van der Waals surface area contributed by atoms with E-state index in [1.807, 2.05) is 18.4 Å². The van der Waals surface area contributed by atoms with Crippen molar-refractivity contribution in [2.24, 2.45) is 0 Å². The molecule has 0 unspecified atom stereocenters. The molecular weight excluding hydrogens is 282 g/mol. The van der Waals surface area contributed by atoms with Crippen LogP contribution < -0.4 is 5.46 Å². The van der Waals surface area contributed by atoms with E-state index >= 15 is 0 Å². The Balaban J connectivity index is 2.06. The first-order valence-electron chi connectivity index (χ1n) is 5.67. The number of fused-ring (bicyclic) bond motifs is 1. The fraction of sp³-hybridized carbons (Fsp3) is 0.167. The molecule has 0 aliphatic carbocycles. The Hall–Kier alpha value is -1.08. The van der Waals surface area contributed by atoms with Crippen molar-refractivity contribution >= 4 is 35.9 Å². The van der Waals surface area contributed by atoms with Gasteiger partial charge in [0.05, 0.1) is 6.61 Å². The highest BCUT2D eigenvalue weighted by molar-refractivity contribution is 7.98. The van der Waals surface area contributed by atoms with E-state index in [-0.39, 0.29) is 0 Å². The van der Waals surface area contributed by atoms with E-state index in [9.17, 15) is 5.02 Å². The molecule has 2 heterocycles. The average Bonchev–Trinajstić information content (AvgIpc) is 2.79. The number of benzene rings is 1. The van der Waals surface area contributed by atoms with E-state index < -0.39 is 7.12 Å². The van der Waals surface area contributed by atoms with E-state index in [4.69, 9.17) is 16.3 Å². The number of nitrogens with zero attached hydrogens (tertiary/aromatic N) is 2. The van der Waals surface area contributed by atoms with Gasteiger partial charge in [-0.1, -0.05) is 29.4 Å². The highest BCUT2D eigenvalue weighted by Gasteiger charge is 2.28. The van der Waals surface area contributed by atoms with Gasteiger partial charge in [-0.25, -0.2) is 9.97 Å². The van der Waals surface area contributed by atoms with Crippen molar-refractivity contribution in [3.63, 3.8) is 0 Å². The third-order valence-electron chi connectivity index (χ3n) is 3.01. The smallest absolute Gasteiger partial charge is 0.423 e. The lowest BCUT2D eigenvalue weighted by Gasteiger charge is -2.07. The van der Waals surface area contributed by atoms with Gasteiger partial charge >= 0.3 is 7.12 Å². The fourth-order valence-corrected chi connectivity index (χ4v) is 2.64. The van der Waals surface area contributed by atoms with Crippen LogP contribution in [0.1, 0.15) is 5.56 Å². The highest BCUT2D eigenvalue weighted by atomic mass is 35.5. The maximum atomic E-state index is 9.73. The Morgan fingerprint density at radius 2 is 2.11 bits per heavy atom. The molecule has 1 N–H and O–H groups in total. The molecule has 0 atom stereocenters. The normalized spacial score (nSPS) is 13.7. The van der Waals surface area contributed by atoms with Crippen LogP contribution in [0.25, 0.3) is 11.1 Å². The van der Waals surface area contributed by atoms with Crippen molar-refractivity contribution in [2.75, 3.05) is 6.26 Å². The summed E-state index contributed by atoms with van der Waals surface area (Å²) in [7, 11) is -0.877. The van der Waals surface area contributed by atoms with Crippen molar-refractivity contribution < 1.29 is 9.68 Å². The molecule has 0 amide bonds. The third-order valence-corrected chi connectivity index (χ3v) is 3.90. The van der Waals surface area contributed by atoms with Crippen LogP contribution in [0, 0.1) is 0 Å². The van der Waals surface area contributed by atoms with Gasteiger partial charge in [0.1, 0.15) is 0 Å². The monoisotopic (exact) mass is 292 g/mol. The number of hydrogen-bond acceptors (Lipinski definition) is 5. The predicted molar refractivity (Wildman–Crippen MR) is 76.7 cm³/mol. The van der Waals surface area contributed by atoms with Crippen molar-refractivity contribution in [3.8, 4) is 11.1 Å². The van der Waals surface area contributed by atoms with Gasteiger partial charge in [0.15, 0.2) is 5.16 Å². The van der Waals surface area contributed by atoms with Gasteiger partial charge in [-0.3, -0.25) is 0 Å². The summed E-state index contributed by atoms with van der Waals surface area (Å²) in [6, 6.07) is 3.66. The van der Waals surface area contributed by atoms with Gasteiger partial charge < -0.3 is 9.68 Å². The first kappa shape index (κ1) is 12.9. The molecule has 19 heavy (non-hydrogen) atoms. The zero-order chi connectivity index (χ0) is 13.4. The predicted octanol–water partition coefficient (Wildman–Crippen LogP) is 1.74. The van der Waals surface area contributed by atoms with Gasteiger partial charge in [-0.05, 0) is 23.3 Å². The fourth-order valence-electron chi connectivity index (χ4n) is 2.03. The molecule has 0 spiro atoms. The van der Waals surface area contributed by atoms with Crippen molar-refractivity contribution in [1.82, 2.24) is 9.97 Å². The Kier molecular flexibility index (Phi) is 3.49. The SMILES string of the molecule is CSc1ncc(-c2cc3c(cc2Cl)COB3O)cn1. The number of aromatic nitrogens is 2. The molecule has 1 aromatic carbocycles. The van der Waals surface area contributed by atoms with E-state index in [0.717, 1.165) is 22.2 Å². The second-order valence-corrected chi connectivity index (χ2v) is 5.33. The molecule has 0 bridgehead atoms. The first-order valence-corrected chi connectivity index (χ1v) is 7.27. The highest BCUT2D eigenvalue weighted by Crippen LogP contribution is 2.29. The molecule has 0 saturated heterocycles. The summed E-state index contributed by atoms with van der Waals surface area (Å²) >= 11 is 7.75. The van der Waals surface area contributed by atoms with Crippen LogP contribution in [0.2, 0.25) is 5.02 Å². The van der Waals surface area contributed by atoms with Crippen LogP contribution in [-0.2, 0) is 11.3 Å². The van der Waals surface area contributed by atoms with Gasteiger partial charge in [0.25, 0.3) is 0 Å². The summed E-state index contributed by atoms with van der Waals surface area (Å²) in [6.45, 7) is 0.387. The molecule has 1 aliphatic rings. The lowest BCUT2D eigenvalue weighted by atomic mass is 9.78. The standard InChI is InChI=1S/C12H10BClN2O2S/c1-19-12-15-4-8(5-16-12)9-3-10-7(2-11(9)14)6-18-13(10)17/h2-5,17H,6H2,1H3. The molecule has 0 fully saturated rings. The second-order valence-electron chi connectivity index (χ2n) is 4.15. The summed E-state index contributed by atoms with van der Waals surface area (Å²) < 4.78 is 5.17. The molecular formula is C12H10BClN2O2S. The topological polar surface area (TPSA) is 55.2 Å². The Labute approximate surface area is 120 Å². The van der Waals surface area contributed by atoms with E-state index in [0.29, 0.717) is 16.8 Å². The van der Waals surface area contributed by atoms with Crippen LogP contribution in [0.4, 0.5) is 0 Å². The van der Waals surface area contributed by atoms with E-state index in [1.165, 1.54) is 11.8 Å². The molecule has 96 valence electrons. The largest absolute Gasteiger partial charge is 0.491 e. The Bertz CT molecular complexity index is 624. The third kappa shape index (κ3) is 2.37. The van der Waals surface area contributed by atoms with E-state index in [2.05, 4.69) is 9.97 Å². The number of thioether (sulfide) groups is 1. The maximum absolute atomic E-state index is 9.73. The van der Waals surface area contributed by atoms with Crippen molar-refractivity contribution in [1.29, 1.82) is 0 Å². The number of rotatable bonds is 2. The summed E-state index contributed by atoms with van der Waals surface area (Å²) in [6.07, 6.45) is 5.38.